The van der Waals surface area contributed by atoms with E-state index in [4.69, 9.17) is 0 Å². The Morgan fingerprint density at radius 2 is 1.74 bits per heavy atom. The number of benzene rings is 1. The van der Waals surface area contributed by atoms with Crippen LogP contribution in [0.25, 0.3) is 0 Å². The molecule has 1 heterocycles. The summed E-state index contributed by atoms with van der Waals surface area (Å²) in [4.78, 5) is 2.51. The maximum atomic E-state index is 11.1. The van der Waals surface area contributed by atoms with Gasteiger partial charge in [0.15, 0.2) is 0 Å². The lowest BCUT2D eigenvalue weighted by molar-refractivity contribution is 0.231. The highest BCUT2D eigenvalue weighted by molar-refractivity contribution is 7.92. The molecule has 106 valence electrons. The maximum absolute atomic E-state index is 11.1. The molecule has 0 bridgehead atoms. The van der Waals surface area contributed by atoms with E-state index in [9.17, 15) is 8.42 Å². The summed E-state index contributed by atoms with van der Waals surface area (Å²) in [6.45, 7) is 3.53. The van der Waals surface area contributed by atoms with Crippen LogP contribution < -0.4 is 4.72 Å². The Labute approximate surface area is 115 Å². The molecule has 1 aliphatic rings. The number of nitrogens with zero attached hydrogens (tertiary/aromatic N) is 1. The summed E-state index contributed by atoms with van der Waals surface area (Å²) < 4.78 is 24.7. The van der Waals surface area contributed by atoms with Crippen molar-refractivity contribution >= 4 is 15.7 Å². The number of hydrogen-bond donors (Lipinski definition) is 1. The minimum atomic E-state index is -3.18. The van der Waals surface area contributed by atoms with Crippen LogP contribution in [-0.4, -0.2) is 39.2 Å². The van der Waals surface area contributed by atoms with Crippen molar-refractivity contribution in [3.05, 3.63) is 29.8 Å². The first kappa shape index (κ1) is 14.3. The summed E-state index contributed by atoms with van der Waals surface area (Å²) in [5.41, 5.74) is 1.88. The van der Waals surface area contributed by atoms with Crippen LogP contribution in [0.2, 0.25) is 0 Å². The lowest BCUT2D eigenvalue weighted by atomic mass is 10.1. The van der Waals surface area contributed by atoms with Crippen LogP contribution in [-0.2, 0) is 16.4 Å². The molecule has 1 saturated heterocycles. The maximum Gasteiger partial charge on any atom is 0.229 e. The first-order valence-electron chi connectivity index (χ1n) is 6.82. The zero-order valence-corrected chi connectivity index (χ0v) is 12.2. The van der Waals surface area contributed by atoms with Crippen LogP contribution in [0.3, 0.4) is 0 Å². The van der Waals surface area contributed by atoms with E-state index >= 15 is 0 Å². The van der Waals surface area contributed by atoms with E-state index in [0.717, 1.165) is 19.2 Å². The van der Waals surface area contributed by atoms with Gasteiger partial charge in [-0.1, -0.05) is 18.6 Å². The van der Waals surface area contributed by atoms with Crippen molar-refractivity contribution in [3.63, 3.8) is 0 Å². The van der Waals surface area contributed by atoms with Gasteiger partial charge < -0.3 is 4.90 Å². The predicted molar refractivity (Wildman–Crippen MR) is 78.9 cm³/mol. The van der Waals surface area contributed by atoms with Crippen molar-refractivity contribution in [2.45, 2.75) is 25.7 Å². The molecule has 0 spiro atoms. The van der Waals surface area contributed by atoms with Gasteiger partial charge in [-0.2, -0.15) is 0 Å². The van der Waals surface area contributed by atoms with E-state index in [-0.39, 0.29) is 0 Å². The average Bonchev–Trinajstić information content (AvgIpc) is 2.37. The van der Waals surface area contributed by atoms with Gasteiger partial charge in [-0.15, -0.1) is 0 Å². The van der Waals surface area contributed by atoms with Crippen LogP contribution in [0, 0.1) is 0 Å². The third-order valence-electron chi connectivity index (χ3n) is 3.42. The number of likely N-dealkylation sites (tertiary alicyclic amines) is 1. The molecule has 0 aromatic heterocycles. The molecular weight excluding hydrogens is 260 g/mol. The standard InChI is InChI=1S/C14H22N2O2S/c1-19(17,18)15-14-7-5-13(6-8-14)9-12-16-10-3-2-4-11-16/h5-8,15H,2-4,9-12H2,1H3. The summed E-state index contributed by atoms with van der Waals surface area (Å²) in [7, 11) is -3.18. The smallest absolute Gasteiger partial charge is 0.229 e. The van der Waals surface area contributed by atoms with Gasteiger partial charge in [0.25, 0.3) is 0 Å². The van der Waals surface area contributed by atoms with Crippen LogP contribution in [0.5, 0.6) is 0 Å². The molecule has 0 saturated carbocycles. The second-order valence-corrected chi connectivity index (χ2v) is 6.97. The van der Waals surface area contributed by atoms with Gasteiger partial charge in [-0.25, -0.2) is 8.42 Å². The van der Waals surface area contributed by atoms with Gasteiger partial charge in [0.05, 0.1) is 6.26 Å². The fourth-order valence-corrected chi connectivity index (χ4v) is 2.99. The van der Waals surface area contributed by atoms with Crippen molar-refractivity contribution < 1.29 is 8.42 Å². The summed E-state index contributed by atoms with van der Waals surface area (Å²) in [6, 6.07) is 7.65. The van der Waals surface area contributed by atoms with E-state index in [1.165, 1.54) is 37.9 Å². The Balaban J connectivity index is 1.84. The van der Waals surface area contributed by atoms with Crippen molar-refractivity contribution in [1.82, 2.24) is 4.90 Å². The van der Waals surface area contributed by atoms with Gasteiger partial charge in [0.1, 0.15) is 0 Å². The van der Waals surface area contributed by atoms with E-state index in [2.05, 4.69) is 9.62 Å². The number of sulfonamides is 1. The first-order valence-corrected chi connectivity index (χ1v) is 8.71. The Morgan fingerprint density at radius 1 is 1.11 bits per heavy atom. The topological polar surface area (TPSA) is 49.4 Å². The lowest BCUT2D eigenvalue weighted by Gasteiger charge is -2.26. The molecule has 0 unspecified atom stereocenters. The van der Waals surface area contributed by atoms with Crippen molar-refractivity contribution in [1.29, 1.82) is 0 Å². The fraction of sp³-hybridized carbons (Fsp3) is 0.571. The average molecular weight is 282 g/mol. The molecule has 0 radical (unpaired) electrons. The zero-order valence-electron chi connectivity index (χ0n) is 11.4. The van der Waals surface area contributed by atoms with Crippen LogP contribution in [0.15, 0.2) is 24.3 Å². The Hall–Kier alpha value is -1.07. The highest BCUT2D eigenvalue weighted by atomic mass is 32.2. The Bertz CT molecular complexity index is 491. The Kier molecular flexibility index (Phi) is 4.82. The second kappa shape index (κ2) is 6.39. The molecule has 19 heavy (non-hydrogen) atoms. The molecular formula is C14H22N2O2S. The number of piperidine rings is 1. The minimum absolute atomic E-state index is 0.629. The molecule has 0 amide bonds. The number of anilines is 1. The molecule has 2 rings (SSSR count). The Morgan fingerprint density at radius 3 is 2.32 bits per heavy atom. The van der Waals surface area contributed by atoms with E-state index < -0.39 is 10.0 Å². The molecule has 1 aromatic carbocycles. The fourth-order valence-electron chi connectivity index (χ4n) is 2.42. The minimum Gasteiger partial charge on any atom is -0.303 e. The normalized spacial score (nSPS) is 17.3. The molecule has 0 atom stereocenters. The molecule has 1 fully saturated rings. The predicted octanol–water partition coefficient (Wildman–Crippen LogP) is 2.09. The zero-order chi connectivity index (χ0) is 13.7. The van der Waals surface area contributed by atoms with E-state index in [1.54, 1.807) is 0 Å². The van der Waals surface area contributed by atoms with Gasteiger partial charge in [-0.05, 0) is 50.0 Å². The summed E-state index contributed by atoms with van der Waals surface area (Å²) >= 11 is 0. The van der Waals surface area contributed by atoms with Crippen molar-refractivity contribution in [2.75, 3.05) is 30.6 Å². The van der Waals surface area contributed by atoms with Crippen LogP contribution >= 0.6 is 0 Å². The molecule has 0 aliphatic carbocycles. The summed E-state index contributed by atoms with van der Waals surface area (Å²) in [6.07, 6.45) is 6.19. The number of nitrogens with one attached hydrogen (secondary N) is 1. The molecule has 1 N–H and O–H groups in total. The van der Waals surface area contributed by atoms with Crippen LogP contribution in [0.1, 0.15) is 24.8 Å². The third kappa shape index (κ3) is 5.20. The second-order valence-electron chi connectivity index (χ2n) is 5.22. The quantitative estimate of drug-likeness (QED) is 0.899. The number of hydrogen-bond acceptors (Lipinski definition) is 3. The van der Waals surface area contributed by atoms with Crippen molar-refractivity contribution in [2.24, 2.45) is 0 Å². The summed E-state index contributed by atoms with van der Waals surface area (Å²) in [5, 5.41) is 0. The monoisotopic (exact) mass is 282 g/mol. The van der Waals surface area contributed by atoms with Gasteiger partial charge in [-0.3, -0.25) is 4.72 Å². The van der Waals surface area contributed by atoms with Crippen LogP contribution in [0.4, 0.5) is 5.69 Å². The highest BCUT2D eigenvalue weighted by Crippen LogP contribution is 2.13. The van der Waals surface area contributed by atoms with E-state index in [0.29, 0.717) is 5.69 Å². The molecule has 5 heteroatoms. The van der Waals surface area contributed by atoms with Gasteiger partial charge >= 0.3 is 0 Å². The molecule has 1 aromatic rings. The molecule has 1 aliphatic heterocycles. The van der Waals surface area contributed by atoms with Gasteiger partial charge in [0.2, 0.25) is 10.0 Å². The SMILES string of the molecule is CS(=O)(=O)Nc1ccc(CCN2CCCCC2)cc1. The van der Waals surface area contributed by atoms with E-state index in [1.807, 2.05) is 24.3 Å². The third-order valence-corrected chi connectivity index (χ3v) is 4.03. The first-order chi connectivity index (χ1) is 9.03. The van der Waals surface area contributed by atoms with Gasteiger partial charge in [0, 0.05) is 12.2 Å². The summed E-state index contributed by atoms with van der Waals surface area (Å²) in [5.74, 6) is 0. The number of rotatable bonds is 5. The highest BCUT2D eigenvalue weighted by Gasteiger charge is 2.09. The largest absolute Gasteiger partial charge is 0.303 e. The molecule has 4 nitrogen and oxygen atoms in total. The lowest BCUT2D eigenvalue weighted by Crippen LogP contribution is -2.31. The van der Waals surface area contributed by atoms with Crippen molar-refractivity contribution in [3.8, 4) is 0 Å².